The number of alkyl halides is 3. The van der Waals surface area contributed by atoms with E-state index in [-0.39, 0.29) is 16.7 Å². The summed E-state index contributed by atoms with van der Waals surface area (Å²) >= 11 is 5.63. The Bertz CT molecular complexity index is 9300. The molecule has 590 valence electrons. The van der Waals surface area contributed by atoms with Gasteiger partial charge in [-0.15, -0.1) is 0 Å². The molecule has 1 saturated heterocycles. The number of hydrogen-bond donors (Lipinski definition) is 0. The Morgan fingerprint density at radius 3 is 0.650 bits per heavy atom. The Balaban J connectivity index is 0.00000125. The molecule has 0 bridgehead atoms. The highest BCUT2D eigenvalue weighted by molar-refractivity contribution is 7.81. The molecule has 1 spiro atoms. The fourth-order valence-corrected chi connectivity index (χ4v) is 7.96. The van der Waals surface area contributed by atoms with Crippen LogP contribution in [0.5, 0.6) is 0 Å². The summed E-state index contributed by atoms with van der Waals surface area (Å²) in [7, 11) is 3.94. The smallest absolute Gasteiger partial charge is 0.305 e. The first-order chi connectivity index (χ1) is 67.5. The number of carbonyl (C=O) groups excluding carboxylic acids is 1. The van der Waals surface area contributed by atoms with Gasteiger partial charge in [0, 0.05) is 569 Å². The van der Waals surface area contributed by atoms with Gasteiger partial charge in [-0.1, -0.05) is 24.1 Å². The number of amides is 1. The number of carbonyl (C=O) groups is 1. The molecule has 10 heteroatoms. The molecule has 2 fully saturated rings. The predicted molar refractivity (Wildman–Crippen MR) is 529 cm³/mol. The van der Waals surface area contributed by atoms with E-state index in [2.05, 4.69) is 609 Å². The number of hydrogen-bond acceptors (Lipinski definition) is 4. The molecule has 2 aliphatic rings. The first kappa shape index (κ1) is 105. The molecule has 1 aliphatic carbocycles. The number of nitrogens with zero attached hydrogens (tertiary/aromatic N) is 5. The van der Waals surface area contributed by atoms with Gasteiger partial charge in [-0.05, 0) is 130 Å². The average molecular weight is 1720 g/mol. The van der Waals surface area contributed by atoms with Crippen molar-refractivity contribution in [3.05, 3.63) is 65.0 Å². The van der Waals surface area contributed by atoms with E-state index in [1.54, 1.807) is 17.9 Å². The molecule has 0 unspecified atom stereocenters. The largest absolute Gasteiger partial charge is 0.407 e. The Morgan fingerprint density at radius 1 is 0.314 bits per heavy atom. The molecule has 4 rings (SSSR count). The van der Waals surface area contributed by atoms with E-state index in [1.165, 1.54) is 11.0 Å². The zero-order valence-electron chi connectivity index (χ0n) is 70.6. The number of nitriles is 1. The summed E-state index contributed by atoms with van der Waals surface area (Å²) in [6.07, 6.45) is -2.72. The molecule has 1 saturated carbocycles. The first-order valence-electron chi connectivity index (χ1n) is 36.3. The molecule has 137 heavy (non-hydrogen) atoms. The number of benzene rings is 2. The van der Waals surface area contributed by atoms with Gasteiger partial charge in [-0.2, -0.15) is 18.4 Å². The second-order valence-corrected chi connectivity index (χ2v) is 21.7. The minimum atomic E-state index is -4.71. The molecule has 1 amide bonds. The van der Waals surface area contributed by atoms with Gasteiger partial charge in [0.25, 0.3) is 5.91 Å². The third kappa shape index (κ3) is 56.3. The van der Waals surface area contributed by atoms with Crippen molar-refractivity contribution in [1.29, 1.82) is 5.26 Å². The second-order valence-electron chi connectivity index (χ2n) is 21.3. The Hall–Kier alpha value is -25.9. The van der Waals surface area contributed by atoms with Crippen molar-refractivity contribution in [1.82, 2.24) is 4.90 Å². The van der Waals surface area contributed by atoms with Crippen LogP contribution >= 0.6 is 12.2 Å². The van der Waals surface area contributed by atoms with Crippen molar-refractivity contribution in [3.8, 4) is 610 Å². The van der Waals surface area contributed by atoms with Crippen LogP contribution in [0.2, 0.25) is 0 Å². The summed E-state index contributed by atoms with van der Waals surface area (Å²) in [5.41, 5.74) is -0.601. The zero-order chi connectivity index (χ0) is 98.1. The van der Waals surface area contributed by atoms with Gasteiger partial charge in [0.05, 0.1) is 12.1 Å². The van der Waals surface area contributed by atoms with Crippen LogP contribution in [0.25, 0.3) is 4.85 Å². The fraction of sp³-hybridized carbons (Fsp3) is 0.0709. The number of halogens is 3. The molecule has 0 aromatic heterocycles. The van der Waals surface area contributed by atoms with Crippen LogP contribution in [-0.4, -0.2) is 35.6 Å². The lowest BCUT2D eigenvalue weighted by atomic mass is 9.75. The van der Waals surface area contributed by atoms with Gasteiger partial charge >= 0.3 is 6.18 Å². The third-order valence-electron chi connectivity index (χ3n) is 12.4. The van der Waals surface area contributed by atoms with Gasteiger partial charge in [-0.25, -0.2) is 4.85 Å². The van der Waals surface area contributed by atoms with Crippen LogP contribution < -0.4 is 9.80 Å². The van der Waals surface area contributed by atoms with Crippen molar-refractivity contribution >= 4 is 40.3 Å². The minimum Gasteiger partial charge on any atom is -0.305 e. The summed E-state index contributed by atoms with van der Waals surface area (Å²) in [5.74, 6) is 254. The van der Waals surface area contributed by atoms with Gasteiger partial charge in [-0.3, -0.25) is 9.69 Å². The van der Waals surface area contributed by atoms with Gasteiger partial charge in [0.2, 0.25) is 0 Å². The molecular weight excluding hydrogens is 1700 g/mol. The Morgan fingerprint density at radius 2 is 0.496 bits per heavy atom. The highest BCUT2D eigenvalue weighted by atomic mass is 32.1. The van der Waals surface area contributed by atoms with E-state index in [0.29, 0.717) is 12.8 Å². The topological polar surface area (TPSA) is 54.9 Å². The summed E-state index contributed by atoms with van der Waals surface area (Å²) < 4.78 is 40.5. The Labute approximate surface area is 806 Å². The maximum Gasteiger partial charge on any atom is 0.407 e. The van der Waals surface area contributed by atoms with Crippen LogP contribution in [0.3, 0.4) is 0 Å². The highest BCUT2D eigenvalue weighted by Crippen LogP contribution is 2.49. The Kier molecular flexibility index (Phi) is 58.6. The van der Waals surface area contributed by atoms with E-state index in [1.807, 2.05) is 43.3 Å². The van der Waals surface area contributed by atoms with Crippen LogP contribution in [0.1, 0.15) is 37.3 Å². The molecule has 0 atom stereocenters. The monoisotopic (exact) mass is 1720 g/mol. The lowest BCUT2D eigenvalue weighted by Crippen LogP contribution is -2.55. The standard InChI is InChI=1S/C104H3N.C23H21F3N4OS/c1-2-3-4-5-6-7-8-9-10-11-12-13-14-15-16-17-18-19-20-21-22-23-24-25-26-27-28-29-30-31-32-33-34-35-36-37-38-39-40-41-42-43-44-45-46-47-48-49-50-51-52-53-54-55-56-57-58-59-60-61-62-63-64-65-66-67-68-69-70-71-72-73-74-75-76-77-78-79-80-81-82-83-84-85-86-87-88-89-90-91-92-93-94-95-96-97-98-99-100-101-102-103-104-105;1-27-19-10-9-17(13-18(19)23(24,25)26)29-20(31)22(11-4-12-22)30(21(29)32)16-7-5-15(6-8-16)14-28(2)3/h1H3;5-10,13H,4,11-12,14H2,2-3H3. The zero-order valence-corrected chi connectivity index (χ0v) is 71.4. The lowest BCUT2D eigenvalue weighted by Gasteiger charge is -2.43. The molecule has 0 N–H and O–H groups in total. The molecule has 2 aromatic rings. The SMILES string of the molecule is CC#CC#CC#CC#CC#CC#CC#CC#CC#CC#CC#CC#CC#CC#CC#CC#CC#CC#CC#CC#CC#CC#CC#CC#CC#CC#CC#CC#CC#CC#CC#CC#CC#CC#CC#CC#CC#CC#CC#CC#CC#CC#CC#CC#CC#CC#CC#CC#CC#CC#CC#CC#N.[C-]#[N+]c1ccc(N2C(=O)C3(CCC3)N(c3ccc(CN(C)C)cc3)C2=S)cc1C(F)(F)F. The van der Waals surface area contributed by atoms with Crippen molar-refractivity contribution in [2.75, 3.05) is 23.9 Å². The summed E-state index contributed by atoms with van der Waals surface area (Å²) in [6, 6.07) is 12.6. The highest BCUT2D eigenvalue weighted by Gasteiger charge is 2.59. The number of rotatable bonds is 4. The first-order valence-corrected chi connectivity index (χ1v) is 36.7. The van der Waals surface area contributed by atoms with E-state index >= 15 is 0 Å². The van der Waals surface area contributed by atoms with Crippen molar-refractivity contribution in [2.45, 2.75) is 44.4 Å². The summed E-state index contributed by atoms with van der Waals surface area (Å²) in [4.78, 5) is 21.5. The van der Waals surface area contributed by atoms with E-state index < -0.39 is 23.0 Å². The fourth-order valence-electron chi connectivity index (χ4n) is 7.50. The van der Waals surface area contributed by atoms with Crippen LogP contribution in [0.4, 0.5) is 30.2 Å². The second kappa shape index (κ2) is 76.2. The van der Waals surface area contributed by atoms with Gasteiger partial charge in [0.1, 0.15) is 5.54 Å². The van der Waals surface area contributed by atoms with Gasteiger partial charge < -0.3 is 9.80 Å². The number of anilines is 2. The molecular formula is C127H24F3N5OS. The van der Waals surface area contributed by atoms with E-state index in [4.69, 9.17) is 24.1 Å². The van der Waals surface area contributed by atoms with E-state index in [9.17, 15) is 18.0 Å². The summed E-state index contributed by atoms with van der Waals surface area (Å²) in [6.45, 7) is 9.48. The minimum absolute atomic E-state index is 0.0257. The van der Waals surface area contributed by atoms with E-state index in [0.717, 1.165) is 36.3 Å². The third-order valence-corrected chi connectivity index (χ3v) is 12.7. The van der Waals surface area contributed by atoms with Crippen LogP contribution in [0, 0.1) is 622 Å². The maximum absolute atomic E-state index is 13.5. The maximum atomic E-state index is 13.5. The number of thiocarbonyl (C=S) groups is 1. The average Bonchev–Trinajstić information content (AvgIpc) is 1.55. The quantitative estimate of drug-likeness (QED) is 0.211. The van der Waals surface area contributed by atoms with Crippen LogP contribution in [-0.2, 0) is 17.5 Å². The van der Waals surface area contributed by atoms with Crippen molar-refractivity contribution in [2.24, 2.45) is 0 Å². The molecule has 1 heterocycles. The van der Waals surface area contributed by atoms with Crippen LogP contribution in [0.15, 0.2) is 42.5 Å². The molecule has 0 radical (unpaired) electrons. The normalized spacial score (nSPS) is 7.19. The lowest BCUT2D eigenvalue weighted by molar-refractivity contribution is -0.137. The predicted octanol–water partition coefficient (Wildman–Crippen LogP) is 6.08. The summed E-state index contributed by atoms with van der Waals surface area (Å²) in [5, 5.41) is 8.38. The molecule has 1 aliphatic heterocycles. The van der Waals surface area contributed by atoms with Crippen molar-refractivity contribution in [3.63, 3.8) is 0 Å². The molecule has 6 nitrogen and oxygen atoms in total. The molecule has 2 aromatic carbocycles. The van der Waals surface area contributed by atoms with Crippen molar-refractivity contribution < 1.29 is 18.0 Å². The van der Waals surface area contributed by atoms with Gasteiger partial charge in [0.15, 0.2) is 16.9 Å².